The van der Waals surface area contributed by atoms with Crippen molar-refractivity contribution in [3.05, 3.63) is 234 Å². The van der Waals surface area contributed by atoms with E-state index in [2.05, 4.69) is 25.9 Å². The summed E-state index contributed by atoms with van der Waals surface area (Å²) in [5.41, 5.74) is 3.07. The zero-order valence-corrected chi connectivity index (χ0v) is 39.7. The van der Waals surface area contributed by atoms with Crippen molar-refractivity contribution in [3.8, 4) is 34.6 Å². The van der Waals surface area contributed by atoms with Crippen molar-refractivity contribution in [2.75, 3.05) is 0 Å². The van der Waals surface area contributed by atoms with Gasteiger partial charge in [0.05, 0.1) is 36.4 Å². The predicted molar refractivity (Wildman–Crippen MR) is 270 cm³/mol. The van der Waals surface area contributed by atoms with Gasteiger partial charge in [-0.2, -0.15) is 0 Å². The van der Waals surface area contributed by atoms with Crippen molar-refractivity contribution < 1.29 is 9.50 Å². The molecule has 6 heterocycles. The van der Waals surface area contributed by atoms with Gasteiger partial charge in [-0.15, -0.1) is 6.42 Å². The normalized spacial score (nSPS) is 13.0. The summed E-state index contributed by atoms with van der Waals surface area (Å²) in [4.78, 5) is 42.9. The highest BCUT2D eigenvalue weighted by atomic mass is 35.5. The highest BCUT2D eigenvalue weighted by Gasteiger charge is 2.40. The molecule has 0 amide bonds. The number of benzene rings is 4. The molecule has 0 unspecified atom stereocenters. The lowest BCUT2D eigenvalue weighted by atomic mass is 9.83. The first kappa shape index (κ1) is 46.5. The largest absolute Gasteiger partial charge is 0.374 e. The van der Waals surface area contributed by atoms with E-state index in [1.165, 1.54) is 27.6 Å². The second-order valence-electron chi connectivity index (χ2n) is 16.5. The number of aliphatic hydroxyl groups is 1. The van der Waals surface area contributed by atoms with Gasteiger partial charge in [-0.3, -0.25) is 18.7 Å². The van der Waals surface area contributed by atoms with Crippen molar-refractivity contribution >= 4 is 56.9 Å². The maximum absolute atomic E-state index is 17.3. The summed E-state index contributed by atoms with van der Waals surface area (Å²) in [6, 6.07) is 34.9. The van der Waals surface area contributed by atoms with Gasteiger partial charge in [0.25, 0.3) is 11.1 Å². The molecule has 0 spiro atoms. The molecule has 0 radical (unpaired) electrons. The van der Waals surface area contributed by atoms with E-state index in [4.69, 9.17) is 41.2 Å². The monoisotopic (exact) mass is 972 g/mol. The fraction of sp³-hybridized carbons (Fsp3) is 0.111. The Morgan fingerprint density at radius 3 is 1.58 bits per heavy atom. The molecule has 10 aromatic rings. The number of halogens is 4. The lowest BCUT2D eigenvalue weighted by Gasteiger charge is -2.30. The maximum atomic E-state index is 17.3. The first-order chi connectivity index (χ1) is 33.1. The average Bonchev–Trinajstić information content (AvgIpc) is 4.01. The van der Waals surface area contributed by atoms with Crippen molar-refractivity contribution in [1.29, 1.82) is 0 Å². The number of fused-ring (bicyclic) bond motifs is 2. The van der Waals surface area contributed by atoms with Crippen LogP contribution in [0, 0.1) is 12.3 Å². The fourth-order valence-corrected chi connectivity index (χ4v) is 9.08. The third kappa shape index (κ3) is 8.40. The molecule has 0 aliphatic heterocycles. The van der Waals surface area contributed by atoms with Crippen LogP contribution in [0.1, 0.15) is 39.2 Å². The first-order valence-corrected chi connectivity index (χ1v) is 22.5. The van der Waals surface area contributed by atoms with Crippen LogP contribution >= 0.6 is 34.8 Å². The Labute approximate surface area is 410 Å². The van der Waals surface area contributed by atoms with Gasteiger partial charge in [0.15, 0.2) is 5.60 Å². The first-order valence-electron chi connectivity index (χ1n) is 21.3. The summed E-state index contributed by atoms with van der Waals surface area (Å²) in [6.07, 6.45) is 14.9. The molecule has 15 heteroatoms. The molecule has 2 atom stereocenters. The van der Waals surface area contributed by atoms with E-state index in [-0.39, 0.29) is 11.1 Å². The second kappa shape index (κ2) is 18.4. The molecule has 0 aliphatic rings. The van der Waals surface area contributed by atoms with Crippen LogP contribution in [0.4, 0.5) is 4.39 Å². The smallest absolute Gasteiger partial charge is 0.252 e. The second-order valence-corrected chi connectivity index (χ2v) is 17.8. The minimum atomic E-state index is -2.08. The molecule has 0 saturated heterocycles. The average molecular weight is 974 g/mol. The van der Waals surface area contributed by atoms with Crippen molar-refractivity contribution in [2.45, 2.75) is 11.3 Å². The van der Waals surface area contributed by atoms with Crippen LogP contribution in [0.3, 0.4) is 0 Å². The molecule has 69 heavy (non-hydrogen) atoms. The van der Waals surface area contributed by atoms with E-state index < -0.39 is 11.3 Å². The Morgan fingerprint density at radius 1 is 0.565 bits per heavy atom. The van der Waals surface area contributed by atoms with Crippen LogP contribution in [0.25, 0.3) is 44.3 Å². The minimum absolute atomic E-state index is 0.192. The quantitative estimate of drug-likeness (QED) is 0.150. The van der Waals surface area contributed by atoms with Crippen molar-refractivity contribution in [2.24, 2.45) is 28.2 Å². The summed E-state index contributed by atoms with van der Waals surface area (Å²) in [7, 11) is 6.87. The number of terminal acetylenes is 1. The number of hydrogen-bond acceptors (Lipinski definition) is 7. The van der Waals surface area contributed by atoms with Gasteiger partial charge in [0, 0.05) is 95.2 Å². The Balaban J connectivity index is 0.000000172. The van der Waals surface area contributed by atoms with E-state index in [0.717, 1.165) is 11.1 Å². The predicted octanol–water partition coefficient (Wildman–Crippen LogP) is 10.2. The van der Waals surface area contributed by atoms with Crippen molar-refractivity contribution in [1.82, 2.24) is 38.2 Å². The molecule has 6 aromatic heterocycles. The third-order valence-electron chi connectivity index (χ3n) is 12.3. The van der Waals surface area contributed by atoms with Crippen LogP contribution in [0.2, 0.25) is 15.1 Å². The molecule has 0 bridgehead atoms. The lowest BCUT2D eigenvalue weighted by Crippen LogP contribution is -2.31. The third-order valence-corrected chi connectivity index (χ3v) is 13.0. The van der Waals surface area contributed by atoms with Crippen LogP contribution < -0.4 is 11.1 Å². The molecule has 4 aromatic carbocycles. The molecule has 0 saturated carbocycles. The van der Waals surface area contributed by atoms with Gasteiger partial charge >= 0.3 is 0 Å². The SMILES string of the molecule is C#Cc1cccc(-c2cc(=O)n(C)c3ncc([C@](F)(c4ccc(Cl)cc4)c4cncn4C)cc23)c1.Cn1cncc1[C@@](O)(c1ccc(Cl)cc1)c1cnc2c(c1)c(-c1cccc(Cl)c1)cc(=O)n2C. The number of aryl methyl sites for hydroxylation is 4. The molecule has 0 aliphatic carbocycles. The van der Waals surface area contributed by atoms with E-state index in [1.54, 1.807) is 128 Å². The van der Waals surface area contributed by atoms with Crippen LogP contribution in [-0.2, 0) is 39.5 Å². The number of imidazole rings is 2. The number of aromatic nitrogens is 8. The number of rotatable bonds is 8. The summed E-state index contributed by atoms with van der Waals surface area (Å²) in [5, 5.41) is 15.2. The van der Waals surface area contributed by atoms with Gasteiger partial charge in [-0.25, -0.2) is 24.3 Å². The van der Waals surface area contributed by atoms with Gasteiger partial charge in [-0.1, -0.05) is 89.3 Å². The van der Waals surface area contributed by atoms with Gasteiger partial charge in [0.1, 0.15) is 11.3 Å². The molecule has 342 valence electrons. The zero-order chi connectivity index (χ0) is 48.8. The Morgan fingerprint density at radius 2 is 1.06 bits per heavy atom. The Hall–Kier alpha value is -7.66. The van der Waals surface area contributed by atoms with E-state index >= 15 is 4.39 Å². The summed E-state index contributed by atoms with van der Waals surface area (Å²) >= 11 is 18.4. The highest BCUT2D eigenvalue weighted by Crippen LogP contribution is 2.43. The summed E-state index contributed by atoms with van der Waals surface area (Å²) < 4.78 is 23.7. The highest BCUT2D eigenvalue weighted by molar-refractivity contribution is 6.31. The standard InChI is InChI=1S/C28H20ClFN4O.C26H20Cl2N4O2/c1-4-18-6-5-7-19(12-18)23-14-26(35)34(3)27-24(23)13-21(15-32-27)28(30,25-16-31-17-33(25)2)20-8-10-22(29)11-9-20;1-31-15-29-14-23(31)26(34,17-6-8-19(27)9-7-17)18-11-22-21(16-4-3-5-20(28)10-16)12-24(33)32(2)25(22)30-13-18/h1,5-17H,2-3H3;3-15,34H,1-2H3/t28-;26-/m11/s1. The molecule has 1 N–H and O–H groups in total. The number of nitrogens with zero attached hydrogens (tertiary/aromatic N) is 8. The molecular weight excluding hydrogens is 934 g/mol. The fourth-order valence-electron chi connectivity index (χ4n) is 8.64. The van der Waals surface area contributed by atoms with E-state index in [0.29, 0.717) is 87.5 Å². The minimum Gasteiger partial charge on any atom is -0.374 e. The molecular formula is C54H40Cl3FN8O3. The van der Waals surface area contributed by atoms with E-state index in [9.17, 15) is 14.7 Å². The van der Waals surface area contributed by atoms with Crippen LogP contribution in [-0.4, -0.2) is 43.3 Å². The van der Waals surface area contributed by atoms with Gasteiger partial charge in [-0.05, 0) is 94.0 Å². The molecule has 0 fully saturated rings. The topological polar surface area (TPSA) is 126 Å². The van der Waals surface area contributed by atoms with Crippen LogP contribution in [0.5, 0.6) is 0 Å². The molecule has 11 nitrogen and oxygen atoms in total. The van der Waals surface area contributed by atoms with Gasteiger partial charge < -0.3 is 14.2 Å². The van der Waals surface area contributed by atoms with Crippen LogP contribution in [0.15, 0.2) is 168 Å². The van der Waals surface area contributed by atoms with Gasteiger partial charge in [0.2, 0.25) is 5.67 Å². The Kier molecular flexibility index (Phi) is 12.4. The van der Waals surface area contributed by atoms with Crippen molar-refractivity contribution in [3.63, 3.8) is 0 Å². The van der Waals surface area contributed by atoms with E-state index in [1.807, 2.05) is 49.5 Å². The number of hydrogen-bond donors (Lipinski definition) is 1. The number of pyridine rings is 4. The maximum Gasteiger partial charge on any atom is 0.252 e. The summed E-state index contributed by atoms with van der Waals surface area (Å²) in [5.74, 6) is 2.62. The summed E-state index contributed by atoms with van der Waals surface area (Å²) in [6.45, 7) is 0. The number of alkyl halides is 1. The Bertz CT molecular complexity index is 3770. The zero-order valence-electron chi connectivity index (χ0n) is 37.4. The molecule has 10 rings (SSSR count). The lowest BCUT2D eigenvalue weighted by molar-refractivity contribution is 0.117.